The maximum absolute atomic E-state index is 12.8. The Kier molecular flexibility index (Phi) is 3.95. The second kappa shape index (κ2) is 5.59. The Morgan fingerprint density at radius 3 is 2.48 bits per heavy atom. The molecule has 2 saturated carbocycles. The third kappa shape index (κ3) is 2.56. The lowest BCUT2D eigenvalue weighted by atomic mass is 9.66. The number of nitrogens with two attached hydrogens (primary N) is 1. The van der Waals surface area contributed by atoms with Crippen molar-refractivity contribution < 1.29 is 14.7 Å². The normalized spacial score (nSPS) is 34.1. The number of nitrogens with zero attached hydrogens (tertiary/aromatic N) is 1. The van der Waals surface area contributed by atoms with Gasteiger partial charge < -0.3 is 15.7 Å². The Bertz CT molecular complexity index is 428. The summed E-state index contributed by atoms with van der Waals surface area (Å²) in [6.07, 6.45) is 8.55. The van der Waals surface area contributed by atoms with E-state index >= 15 is 0 Å². The Labute approximate surface area is 125 Å². The van der Waals surface area contributed by atoms with Crippen LogP contribution in [0.2, 0.25) is 0 Å². The Hall–Kier alpha value is -1.10. The molecule has 21 heavy (non-hydrogen) atoms. The minimum Gasteiger partial charge on any atom is -0.480 e. The monoisotopic (exact) mass is 294 g/mol. The number of carboxylic acid groups (broad SMARTS) is 1. The first-order chi connectivity index (χ1) is 10.1. The van der Waals surface area contributed by atoms with Gasteiger partial charge in [0.05, 0.1) is 0 Å². The second-order valence-electron chi connectivity index (χ2n) is 7.24. The molecule has 2 aliphatic carbocycles. The molecule has 3 rings (SSSR count). The molecular weight excluding hydrogens is 268 g/mol. The summed E-state index contributed by atoms with van der Waals surface area (Å²) in [4.78, 5) is 26.1. The molecule has 3 atom stereocenters. The van der Waals surface area contributed by atoms with Crippen LogP contribution >= 0.6 is 0 Å². The summed E-state index contributed by atoms with van der Waals surface area (Å²) in [7, 11) is 0. The largest absolute Gasteiger partial charge is 0.480 e. The summed E-state index contributed by atoms with van der Waals surface area (Å²) in [5, 5.41) is 9.49. The van der Waals surface area contributed by atoms with Crippen LogP contribution in [0.1, 0.15) is 57.8 Å². The molecule has 1 heterocycles. The summed E-state index contributed by atoms with van der Waals surface area (Å²) in [6.45, 7) is 0.540. The SMILES string of the molecule is NCC1(CC(=O)N2C(C(=O)O)CC3CCCCC32)CCC1. The van der Waals surface area contributed by atoms with Crippen molar-refractivity contribution in [2.75, 3.05) is 6.54 Å². The predicted molar refractivity (Wildman–Crippen MR) is 78.6 cm³/mol. The Balaban J connectivity index is 1.76. The van der Waals surface area contributed by atoms with Crippen molar-refractivity contribution in [3.05, 3.63) is 0 Å². The van der Waals surface area contributed by atoms with Crippen molar-refractivity contribution in [1.82, 2.24) is 4.90 Å². The van der Waals surface area contributed by atoms with Gasteiger partial charge >= 0.3 is 5.97 Å². The lowest BCUT2D eigenvalue weighted by Gasteiger charge is -2.42. The van der Waals surface area contributed by atoms with Gasteiger partial charge in [-0.05, 0) is 50.0 Å². The van der Waals surface area contributed by atoms with E-state index in [4.69, 9.17) is 5.73 Å². The van der Waals surface area contributed by atoms with E-state index in [-0.39, 0.29) is 17.4 Å². The Morgan fingerprint density at radius 2 is 1.90 bits per heavy atom. The molecule has 0 aromatic carbocycles. The number of likely N-dealkylation sites (tertiary alicyclic amines) is 1. The molecule has 5 nitrogen and oxygen atoms in total. The number of carbonyl (C=O) groups excluding carboxylic acids is 1. The summed E-state index contributed by atoms with van der Waals surface area (Å²) < 4.78 is 0. The van der Waals surface area contributed by atoms with Gasteiger partial charge in [-0.25, -0.2) is 4.79 Å². The zero-order valence-electron chi connectivity index (χ0n) is 12.6. The van der Waals surface area contributed by atoms with Crippen LogP contribution in [0.4, 0.5) is 0 Å². The lowest BCUT2D eigenvalue weighted by molar-refractivity contribution is -0.151. The summed E-state index contributed by atoms with van der Waals surface area (Å²) in [5.41, 5.74) is 5.81. The number of rotatable bonds is 4. The van der Waals surface area contributed by atoms with E-state index in [1.165, 1.54) is 6.42 Å². The van der Waals surface area contributed by atoms with Gasteiger partial charge in [0.15, 0.2) is 0 Å². The van der Waals surface area contributed by atoms with Crippen LogP contribution in [-0.4, -0.2) is 40.5 Å². The minimum atomic E-state index is -0.840. The first-order valence-corrected chi connectivity index (χ1v) is 8.30. The Morgan fingerprint density at radius 1 is 1.19 bits per heavy atom. The van der Waals surface area contributed by atoms with Crippen molar-refractivity contribution in [3.63, 3.8) is 0 Å². The first kappa shape index (κ1) is 14.8. The number of amides is 1. The van der Waals surface area contributed by atoms with Gasteiger partial charge in [-0.3, -0.25) is 4.79 Å². The van der Waals surface area contributed by atoms with E-state index in [2.05, 4.69) is 0 Å². The van der Waals surface area contributed by atoms with E-state index in [0.29, 0.717) is 25.3 Å². The molecule has 1 amide bonds. The fourth-order valence-corrected chi connectivity index (χ4v) is 4.58. The molecule has 0 aromatic heterocycles. The molecule has 1 aliphatic heterocycles. The van der Waals surface area contributed by atoms with Crippen LogP contribution in [0.5, 0.6) is 0 Å². The molecule has 5 heteroatoms. The fourth-order valence-electron chi connectivity index (χ4n) is 4.58. The van der Waals surface area contributed by atoms with Crippen molar-refractivity contribution in [2.45, 2.75) is 69.9 Å². The van der Waals surface area contributed by atoms with Gasteiger partial charge in [-0.2, -0.15) is 0 Å². The van der Waals surface area contributed by atoms with Crippen LogP contribution in [0.3, 0.4) is 0 Å². The molecule has 0 radical (unpaired) electrons. The molecular formula is C16H26N2O3. The average molecular weight is 294 g/mol. The van der Waals surface area contributed by atoms with E-state index in [1.54, 1.807) is 4.90 Å². The average Bonchev–Trinajstić information content (AvgIpc) is 2.82. The number of fused-ring (bicyclic) bond motifs is 1. The highest BCUT2D eigenvalue weighted by Crippen LogP contribution is 2.46. The van der Waals surface area contributed by atoms with Crippen LogP contribution < -0.4 is 5.73 Å². The van der Waals surface area contributed by atoms with Gasteiger partial charge in [-0.15, -0.1) is 0 Å². The van der Waals surface area contributed by atoms with Gasteiger partial charge in [0.2, 0.25) is 5.91 Å². The third-order valence-corrected chi connectivity index (χ3v) is 6.03. The van der Waals surface area contributed by atoms with Crippen molar-refractivity contribution >= 4 is 11.9 Å². The number of aliphatic carboxylic acids is 1. The summed E-state index contributed by atoms with van der Waals surface area (Å²) in [6, 6.07) is -0.456. The highest BCUT2D eigenvalue weighted by atomic mass is 16.4. The predicted octanol–water partition coefficient (Wildman–Crippen LogP) is 1.75. The third-order valence-electron chi connectivity index (χ3n) is 6.03. The number of carbonyl (C=O) groups is 2. The van der Waals surface area contributed by atoms with Crippen LogP contribution in [0.15, 0.2) is 0 Å². The topological polar surface area (TPSA) is 83.6 Å². The van der Waals surface area contributed by atoms with E-state index < -0.39 is 12.0 Å². The van der Waals surface area contributed by atoms with Gasteiger partial charge in [-0.1, -0.05) is 19.3 Å². The first-order valence-electron chi connectivity index (χ1n) is 8.30. The van der Waals surface area contributed by atoms with Crippen LogP contribution in [-0.2, 0) is 9.59 Å². The molecule has 0 bridgehead atoms. The highest BCUT2D eigenvalue weighted by Gasteiger charge is 2.49. The van der Waals surface area contributed by atoms with Gasteiger partial charge in [0.25, 0.3) is 0 Å². The highest BCUT2D eigenvalue weighted by molar-refractivity contribution is 5.85. The minimum absolute atomic E-state index is 0.0296. The molecule has 0 aromatic rings. The van der Waals surface area contributed by atoms with E-state index in [0.717, 1.165) is 38.5 Å². The van der Waals surface area contributed by atoms with Gasteiger partial charge in [0.1, 0.15) is 6.04 Å². The summed E-state index contributed by atoms with van der Waals surface area (Å²) in [5.74, 6) is -0.422. The van der Waals surface area contributed by atoms with Crippen LogP contribution in [0.25, 0.3) is 0 Å². The van der Waals surface area contributed by atoms with Crippen molar-refractivity contribution in [2.24, 2.45) is 17.1 Å². The molecule has 1 saturated heterocycles. The van der Waals surface area contributed by atoms with Gasteiger partial charge in [0, 0.05) is 12.5 Å². The number of hydrogen-bond donors (Lipinski definition) is 2. The molecule has 3 aliphatic rings. The standard InChI is InChI=1S/C16H26N2O3/c17-10-16(6-3-7-16)9-14(19)18-12-5-2-1-4-11(12)8-13(18)15(20)21/h11-13H,1-10,17H2,(H,20,21). The van der Waals surface area contributed by atoms with E-state index in [1.807, 2.05) is 0 Å². The zero-order chi connectivity index (χ0) is 15.0. The molecule has 3 unspecified atom stereocenters. The van der Waals surface area contributed by atoms with Crippen molar-refractivity contribution in [1.29, 1.82) is 0 Å². The quantitative estimate of drug-likeness (QED) is 0.827. The zero-order valence-corrected chi connectivity index (χ0v) is 12.6. The smallest absolute Gasteiger partial charge is 0.326 e. The second-order valence-corrected chi connectivity index (χ2v) is 7.24. The molecule has 0 spiro atoms. The maximum Gasteiger partial charge on any atom is 0.326 e. The number of carboxylic acids is 1. The number of hydrogen-bond acceptors (Lipinski definition) is 3. The summed E-state index contributed by atoms with van der Waals surface area (Å²) >= 11 is 0. The molecule has 3 N–H and O–H groups in total. The lowest BCUT2D eigenvalue weighted by Crippen LogP contribution is -2.50. The van der Waals surface area contributed by atoms with E-state index in [9.17, 15) is 14.7 Å². The van der Waals surface area contributed by atoms with Crippen molar-refractivity contribution in [3.8, 4) is 0 Å². The fraction of sp³-hybridized carbons (Fsp3) is 0.875. The van der Waals surface area contributed by atoms with Crippen LogP contribution in [0, 0.1) is 11.3 Å². The maximum atomic E-state index is 12.8. The molecule has 118 valence electrons. The molecule has 3 fully saturated rings.